The lowest BCUT2D eigenvalue weighted by Crippen LogP contribution is -2.40. The predicted octanol–water partition coefficient (Wildman–Crippen LogP) is 3.91. The number of esters is 1. The summed E-state index contributed by atoms with van der Waals surface area (Å²) >= 11 is 12.0. The zero-order valence-electron chi connectivity index (χ0n) is 15.6. The SMILES string of the molecule is COC(=O)C1=C(OS(=O)(=O)C(F)(F)F)c2ccccc2S(=O)(=O)N1c1cccc(Cl)c1Cl. The van der Waals surface area contributed by atoms with E-state index in [1.54, 1.807) is 0 Å². The Kier molecular flexibility index (Phi) is 6.15. The molecule has 0 fully saturated rings. The number of halogens is 5. The molecule has 1 aliphatic heterocycles. The highest BCUT2D eigenvalue weighted by Crippen LogP contribution is 2.45. The smallest absolute Gasteiger partial charge is 0.464 e. The number of alkyl halides is 3. The minimum absolute atomic E-state index is 0.159. The fourth-order valence-corrected chi connectivity index (χ4v) is 5.34. The van der Waals surface area contributed by atoms with Gasteiger partial charge < -0.3 is 8.92 Å². The Morgan fingerprint density at radius 3 is 2.28 bits per heavy atom. The molecule has 0 spiro atoms. The first-order valence-corrected chi connectivity index (χ1v) is 11.8. The summed E-state index contributed by atoms with van der Waals surface area (Å²) in [7, 11) is -10.2. The van der Waals surface area contributed by atoms with Crippen LogP contribution < -0.4 is 4.31 Å². The molecule has 8 nitrogen and oxygen atoms in total. The van der Waals surface area contributed by atoms with E-state index >= 15 is 0 Å². The van der Waals surface area contributed by atoms with Gasteiger partial charge in [-0.15, -0.1) is 0 Å². The fraction of sp³-hybridized carbons (Fsp3) is 0.118. The normalized spacial score (nSPS) is 15.9. The Hall–Kier alpha value is -2.48. The first kappa shape index (κ1) is 24.2. The predicted molar refractivity (Wildman–Crippen MR) is 108 cm³/mol. The van der Waals surface area contributed by atoms with Crippen LogP contribution in [-0.2, 0) is 33.9 Å². The van der Waals surface area contributed by atoms with Crippen LogP contribution in [0.2, 0.25) is 10.0 Å². The number of carbonyl (C=O) groups excluding carboxylic acids is 1. The molecule has 2 aromatic rings. The van der Waals surface area contributed by atoms with E-state index in [9.17, 15) is 34.8 Å². The quantitative estimate of drug-likeness (QED) is 0.334. The van der Waals surface area contributed by atoms with Crippen molar-refractivity contribution >= 4 is 60.8 Å². The van der Waals surface area contributed by atoms with Crippen LogP contribution in [0.15, 0.2) is 53.1 Å². The number of anilines is 1. The van der Waals surface area contributed by atoms with E-state index in [4.69, 9.17) is 23.2 Å². The number of rotatable bonds is 4. The summed E-state index contributed by atoms with van der Waals surface area (Å²) in [4.78, 5) is 11.9. The highest BCUT2D eigenvalue weighted by molar-refractivity contribution is 7.93. The van der Waals surface area contributed by atoms with Crippen LogP contribution in [0, 0.1) is 0 Å². The van der Waals surface area contributed by atoms with Crippen LogP contribution in [0.25, 0.3) is 5.76 Å². The van der Waals surface area contributed by atoms with E-state index in [2.05, 4.69) is 8.92 Å². The number of hydrogen-bond acceptors (Lipinski definition) is 7. The van der Waals surface area contributed by atoms with Crippen LogP contribution >= 0.6 is 23.2 Å². The van der Waals surface area contributed by atoms with Gasteiger partial charge in [0.15, 0.2) is 11.5 Å². The van der Waals surface area contributed by atoms with Gasteiger partial charge in [-0.25, -0.2) is 17.5 Å². The topological polar surface area (TPSA) is 107 Å². The molecule has 0 bridgehead atoms. The second-order valence-electron chi connectivity index (χ2n) is 5.99. The molecular weight excluding hydrogens is 522 g/mol. The van der Waals surface area contributed by atoms with Crippen molar-refractivity contribution in [2.75, 3.05) is 11.4 Å². The van der Waals surface area contributed by atoms with Crippen LogP contribution in [0.5, 0.6) is 0 Å². The first-order chi connectivity index (χ1) is 14.7. The molecule has 172 valence electrons. The molecule has 0 unspecified atom stereocenters. The second-order valence-corrected chi connectivity index (χ2v) is 10.1. The number of hydrogen-bond donors (Lipinski definition) is 0. The minimum Gasteiger partial charge on any atom is -0.464 e. The molecule has 0 aromatic heterocycles. The van der Waals surface area contributed by atoms with Crippen molar-refractivity contribution in [3.63, 3.8) is 0 Å². The molecular formula is C17H10Cl2F3NO7S2. The summed E-state index contributed by atoms with van der Waals surface area (Å²) in [5.41, 5.74) is -8.14. The van der Waals surface area contributed by atoms with E-state index in [0.717, 1.165) is 25.3 Å². The average Bonchev–Trinajstić information content (AvgIpc) is 2.71. The number of fused-ring (bicyclic) bond motifs is 1. The van der Waals surface area contributed by atoms with Crippen molar-refractivity contribution in [2.45, 2.75) is 10.4 Å². The van der Waals surface area contributed by atoms with E-state index in [0.29, 0.717) is 0 Å². The van der Waals surface area contributed by atoms with Gasteiger partial charge >= 0.3 is 21.6 Å². The van der Waals surface area contributed by atoms with E-state index in [1.807, 2.05) is 0 Å². The highest BCUT2D eigenvalue weighted by Gasteiger charge is 2.52. The molecule has 0 radical (unpaired) electrons. The summed E-state index contributed by atoms with van der Waals surface area (Å²) in [5, 5.41) is -0.552. The highest BCUT2D eigenvalue weighted by atomic mass is 35.5. The number of carbonyl (C=O) groups is 1. The molecule has 32 heavy (non-hydrogen) atoms. The molecule has 1 aliphatic rings. The van der Waals surface area contributed by atoms with Gasteiger partial charge in [-0.05, 0) is 24.3 Å². The fourth-order valence-electron chi connectivity index (χ4n) is 2.73. The van der Waals surface area contributed by atoms with Crippen LogP contribution in [-0.4, -0.2) is 35.4 Å². The molecule has 2 aromatic carbocycles. The summed E-state index contributed by atoms with van der Waals surface area (Å²) in [5.74, 6) is -2.75. The molecule has 15 heteroatoms. The average molecular weight is 532 g/mol. The minimum atomic E-state index is -6.32. The van der Waals surface area contributed by atoms with Crippen molar-refractivity contribution < 1.29 is 43.7 Å². The lowest BCUT2D eigenvalue weighted by molar-refractivity contribution is -0.136. The largest absolute Gasteiger partial charge is 0.534 e. The third kappa shape index (κ3) is 3.89. The van der Waals surface area contributed by atoms with Crippen molar-refractivity contribution in [3.8, 4) is 0 Å². The number of sulfonamides is 1. The molecule has 0 N–H and O–H groups in total. The van der Waals surface area contributed by atoms with Crippen molar-refractivity contribution in [1.29, 1.82) is 0 Å². The maximum absolute atomic E-state index is 13.4. The van der Waals surface area contributed by atoms with Gasteiger partial charge in [-0.3, -0.25) is 0 Å². The molecule has 0 aliphatic carbocycles. The Morgan fingerprint density at radius 2 is 1.69 bits per heavy atom. The molecule has 3 rings (SSSR count). The molecule has 0 atom stereocenters. The van der Waals surface area contributed by atoms with Crippen LogP contribution in [0.3, 0.4) is 0 Å². The summed E-state index contributed by atoms with van der Waals surface area (Å²) < 4.78 is 98.4. The van der Waals surface area contributed by atoms with Gasteiger partial charge in [0.05, 0.1) is 27.7 Å². The standard InChI is InChI=1S/C17H10Cl2F3NO7S2/c1-29-16(24)14-15(30-32(27,28)17(20,21)22)9-5-2-3-8-12(9)31(25,26)23(14)11-7-4-6-10(18)13(11)19/h2-8H,1H3. The van der Waals surface area contributed by atoms with E-state index in [1.165, 1.54) is 24.3 Å². The van der Waals surface area contributed by atoms with E-state index < -0.39 is 64.2 Å². The van der Waals surface area contributed by atoms with Gasteiger partial charge in [0.2, 0.25) is 0 Å². The zero-order valence-corrected chi connectivity index (χ0v) is 18.7. The van der Waals surface area contributed by atoms with Gasteiger partial charge in [-0.2, -0.15) is 21.6 Å². The van der Waals surface area contributed by atoms with Crippen molar-refractivity contribution in [1.82, 2.24) is 0 Å². The molecule has 1 heterocycles. The third-order valence-electron chi connectivity index (χ3n) is 4.07. The molecule has 0 amide bonds. The number of methoxy groups -OCH3 is 1. The van der Waals surface area contributed by atoms with Crippen LogP contribution in [0.1, 0.15) is 5.56 Å². The summed E-state index contributed by atoms with van der Waals surface area (Å²) in [6.45, 7) is 0. The van der Waals surface area contributed by atoms with Crippen molar-refractivity contribution in [3.05, 3.63) is 63.8 Å². The van der Waals surface area contributed by atoms with Gasteiger partial charge in [0.25, 0.3) is 10.0 Å². The zero-order chi connectivity index (χ0) is 24.1. The Bertz CT molecular complexity index is 1360. The lowest BCUT2D eigenvalue weighted by Gasteiger charge is -2.32. The third-order valence-corrected chi connectivity index (χ3v) is 7.61. The maximum atomic E-state index is 13.4. The Labute approximate surface area is 189 Å². The monoisotopic (exact) mass is 531 g/mol. The van der Waals surface area contributed by atoms with E-state index in [-0.39, 0.29) is 9.33 Å². The van der Waals surface area contributed by atoms with Crippen molar-refractivity contribution in [2.24, 2.45) is 0 Å². The van der Waals surface area contributed by atoms with Crippen LogP contribution in [0.4, 0.5) is 18.9 Å². The second kappa shape index (κ2) is 8.14. The Balaban J connectivity index is 2.49. The Morgan fingerprint density at radius 1 is 1.06 bits per heavy atom. The summed E-state index contributed by atoms with van der Waals surface area (Å²) in [6, 6.07) is 8.01. The lowest BCUT2D eigenvalue weighted by atomic mass is 10.1. The number of nitrogens with zero attached hydrogens (tertiary/aromatic N) is 1. The molecule has 0 saturated heterocycles. The number of ether oxygens (including phenoxy) is 1. The van der Waals surface area contributed by atoms with Gasteiger partial charge in [-0.1, -0.05) is 41.4 Å². The summed E-state index contributed by atoms with van der Waals surface area (Å²) in [6.07, 6.45) is 0. The number of benzene rings is 2. The van der Waals surface area contributed by atoms with Gasteiger partial charge in [0.1, 0.15) is 0 Å². The molecule has 0 saturated carbocycles. The van der Waals surface area contributed by atoms with Gasteiger partial charge in [0, 0.05) is 5.56 Å². The first-order valence-electron chi connectivity index (χ1n) is 8.16. The maximum Gasteiger partial charge on any atom is 0.534 e.